The average molecular weight is 241 g/mol. The lowest BCUT2D eigenvalue weighted by Crippen LogP contribution is -2.32. The van der Waals surface area contributed by atoms with Crippen LogP contribution in [0.15, 0.2) is 0 Å². The lowest BCUT2D eigenvalue weighted by molar-refractivity contribution is -0.151. The Morgan fingerprint density at radius 3 is 2.88 bits per heavy atom. The minimum atomic E-state index is -0.299. The van der Waals surface area contributed by atoms with E-state index in [9.17, 15) is 4.79 Å². The molecule has 3 unspecified atom stereocenters. The predicted molar refractivity (Wildman–Crippen MR) is 64.5 cm³/mol. The van der Waals surface area contributed by atoms with E-state index in [1.54, 1.807) is 0 Å². The molecule has 5 nitrogen and oxygen atoms in total. The molecular weight excluding hydrogens is 218 g/mol. The SMILES string of the molecule is CN(CCC(=O)ONN)CC1CC2CCC1C2. The summed E-state index contributed by atoms with van der Waals surface area (Å²) < 4.78 is 0. The van der Waals surface area contributed by atoms with Crippen molar-refractivity contribution in [2.75, 3.05) is 20.1 Å². The second kappa shape index (κ2) is 5.80. The minimum absolute atomic E-state index is 0.299. The molecule has 0 aromatic carbocycles. The average Bonchev–Trinajstić information content (AvgIpc) is 2.88. The quantitative estimate of drug-likeness (QED) is 0.528. The van der Waals surface area contributed by atoms with Crippen LogP contribution in [0.5, 0.6) is 0 Å². The van der Waals surface area contributed by atoms with Crippen LogP contribution in [0.2, 0.25) is 0 Å². The van der Waals surface area contributed by atoms with Crippen LogP contribution in [0.3, 0.4) is 0 Å². The van der Waals surface area contributed by atoms with E-state index >= 15 is 0 Å². The first-order valence-electron chi connectivity index (χ1n) is 6.53. The normalized spacial score (nSPS) is 31.1. The molecule has 17 heavy (non-hydrogen) atoms. The van der Waals surface area contributed by atoms with Crippen LogP contribution >= 0.6 is 0 Å². The first kappa shape index (κ1) is 12.8. The number of rotatable bonds is 6. The van der Waals surface area contributed by atoms with Crippen molar-refractivity contribution >= 4 is 5.97 Å². The molecule has 3 N–H and O–H groups in total. The summed E-state index contributed by atoms with van der Waals surface area (Å²) in [6.07, 6.45) is 6.09. The maximum Gasteiger partial charge on any atom is 0.327 e. The highest BCUT2D eigenvalue weighted by Crippen LogP contribution is 2.48. The molecule has 0 aromatic rings. The third kappa shape index (κ3) is 3.40. The van der Waals surface area contributed by atoms with Crippen LogP contribution < -0.4 is 11.4 Å². The Morgan fingerprint density at radius 2 is 2.29 bits per heavy atom. The summed E-state index contributed by atoms with van der Waals surface area (Å²) in [5, 5.41) is 0. The summed E-state index contributed by atoms with van der Waals surface area (Å²) in [6.45, 7) is 1.86. The Hall–Kier alpha value is -0.650. The van der Waals surface area contributed by atoms with Crippen LogP contribution in [-0.4, -0.2) is 31.0 Å². The summed E-state index contributed by atoms with van der Waals surface area (Å²) in [4.78, 5) is 17.8. The molecule has 0 heterocycles. The summed E-state index contributed by atoms with van der Waals surface area (Å²) >= 11 is 0. The van der Waals surface area contributed by atoms with Crippen molar-refractivity contribution < 1.29 is 9.63 Å². The van der Waals surface area contributed by atoms with Crippen LogP contribution in [-0.2, 0) is 9.63 Å². The van der Waals surface area contributed by atoms with Gasteiger partial charge in [-0.25, -0.2) is 5.84 Å². The fourth-order valence-corrected chi connectivity index (χ4v) is 3.49. The zero-order chi connectivity index (χ0) is 12.3. The van der Waals surface area contributed by atoms with E-state index in [1.807, 2.05) is 5.59 Å². The van der Waals surface area contributed by atoms with E-state index in [-0.39, 0.29) is 5.97 Å². The van der Waals surface area contributed by atoms with E-state index in [2.05, 4.69) is 16.8 Å². The van der Waals surface area contributed by atoms with Crippen molar-refractivity contribution in [1.82, 2.24) is 10.5 Å². The molecule has 5 heteroatoms. The van der Waals surface area contributed by atoms with Gasteiger partial charge in [-0.15, -0.1) is 0 Å². The van der Waals surface area contributed by atoms with Gasteiger partial charge in [-0.2, -0.15) is 0 Å². The van der Waals surface area contributed by atoms with Crippen molar-refractivity contribution in [1.29, 1.82) is 0 Å². The van der Waals surface area contributed by atoms with Gasteiger partial charge in [0, 0.05) is 13.1 Å². The largest absolute Gasteiger partial charge is 0.356 e. The Balaban J connectivity index is 1.64. The van der Waals surface area contributed by atoms with Crippen molar-refractivity contribution in [2.45, 2.75) is 32.1 Å². The monoisotopic (exact) mass is 241 g/mol. The van der Waals surface area contributed by atoms with Gasteiger partial charge in [0.05, 0.1) is 6.42 Å². The number of hydrogen-bond donors (Lipinski definition) is 2. The molecule has 3 atom stereocenters. The number of carbonyl (C=O) groups excluding carboxylic acids is 1. The molecule has 0 amide bonds. The van der Waals surface area contributed by atoms with E-state index in [1.165, 1.54) is 25.7 Å². The lowest BCUT2D eigenvalue weighted by atomic mass is 9.88. The van der Waals surface area contributed by atoms with Gasteiger partial charge >= 0.3 is 5.97 Å². The van der Waals surface area contributed by atoms with E-state index in [4.69, 9.17) is 5.84 Å². The predicted octanol–water partition coefficient (Wildman–Crippen LogP) is 0.666. The molecule has 98 valence electrons. The van der Waals surface area contributed by atoms with Gasteiger partial charge in [-0.3, -0.25) is 4.79 Å². The Bertz CT molecular complexity index is 272. The summed E-state index contributed by atoms with van der Waals surface area (Å²) in [6, 6.07) is 0. The van der Waals surface area contributed by atoms with E-state index in [0.29, 0.717) is 6.42 Å². The van der Waals surface area contributed by atoms with Gasteiger partial charge in [-0.05, 0) is 44.1 Å². The third-order valence-corrected chi connectivity index (χ3v) is 4.30. The summed E-state index contributed by atoms with van der Waals surface area (Å²) in [5.41, 5.74) is 1.92. The zero-order valence-electron chi connectivity index (χ0n) is 10.5. The summed E-state index contributed by atoms with van der Waals surface area (Å²) in [5.74, 6) is 7.39. The Kier molecular flexibility index (Phi) is 4.36. The fraction of sp³-hybridized carbons (Fsp3) is 0.917. The first-order valence-corrected chi connectivity index (χ1v) is 6.53. The number of hydrogen-bond acceptors (Lipinski definition) is 5. The molecule has 2 rings (SSSR count). The molecule has 0 radical (unpaired) electrons. The first-order chi connectivity index (χ1) is 8.19. The van der Waals surface area contributed by atoms with Gasteiger partial charge in [0.15, 0.2) is 0 Å². The Morgan fingerprint density at radius 1 is 1.47 bits per heavy atom. The van der Waals surface area contributed by atoms with Gasteiger partial charge < -0.3 is 9.74 Å². The standard InChI is InChI=1S/C12H23N3O2/c1-15(5-4-12(16)17-14-13)8-11-7-9-2-3-10(11)6-9/h9-11,14H,2-8,13H2,1H3. The van der Waals surface area contributed by atoms with Gasteiger partial charge in [0.25, 0.3) is 0 Å². The van der Waals surface area contributed by atoms with Gasteiger partial charge in [0.1, 0.15) is 0 Å². The molecule has 2 bridgehead atoms. The van der Waals surface area contributed by atoms with Crippen molar-refractivity contribution in [2.24, 2.45) is 23.6 Å². The maximum absolute atomic E-state index is 11.1. The number of hydrazine groups is 1. The highest BCUT2D eigenvalue weighted by Gasteiger charge is 2.39. The molecule has 0 saturated heterocycles. The second-order valence-electron chi connectivity index (χ2n) is 5.54. The van der Waals surface area contributed by atoms with Gasteiger partial charge in [-0.1, -0.05) is 12.0 Å². The molecule has 2 aliphatic rings. The molecule has 2 fully saturated rings. The third-order valence-electron chi connectivity index (χ3n) is 4.30. The van der Waals surface area contributed by atoms with E-state index < -0.39 is 0 Å². The van der Waals surface area contributed by atoms with Crippen LogP contribution in [0.1, 0.15) is 32.1 Å². The van der Waals surface area contributed by atoms with E-state index in [0.717, 1.165) is 30.8 Å². The maximum atomic E-state index is 11.1. The molecule has 0 spiro atoms. The molecule has 2 saturated carbocycles. The zero-order valence-corrected chi connectivity index (χ0v) is 10.5. The van der Waals surface area contributed by atoms with Crippen molar-refractivity contribution in [3.05, 3.63) is 0 Å². The molecule has 0 aliphatic heterocycles. The van der Waals surface area contributed by atoms with Crippen LogP contribution in [0.25, 0.3) is 0 Å². The number of carbonyl (C=O) groups is 1. The second-order valence-corrected chi connectivity index (χ2v) is 5.54. The molecule has 2 aliphatic carbocycles. The van der Waals surface area contributed by atoms with Gasteiger partial charge in [0.2, 0.25) is 0 Å². The fourth-order valence-electron chi connectivity index (χ4n) is 3.49. The number of nitrogens with zero attached hydrogens (tertiary/aromatic N) is 1. The number of nitrogens with one attached hydrogen (secondary N) is 1. The number of fused-ring (bicyclic) bond motifs is 2. The number of nitrogens with two attached hydrogens (primary N) is 1. The van der Waals surface area contributed by atoms with Crippen molar-refractivity contribution in [3.8, 4) is 0 Å². The smallest absolute Gasteiger partial charge is 0.327 e. The highest BCUT2D eigenvalue weighted by molar-refractivity contribution is 5.69. The molecule has 0 aromatic heterocycles. The lowest BCUT2D eigenvalue weighted by Gasteiger charge is -2.26. The van der Waals surface area contributed by atoms with Crippen LogP contribution in [0, 0.1) is 17.8 Å². The van der Waals surface area contributed by atoms with Crippen molar-refractivity contribution in [3.63, 3.8) is 0 Å². The minimum Gasteiger partial charge on any atom is -0.356 e. The summed E-state index contributed by atoms with van der Waals surface area (Å²) in [7, 11) is 2.08. The Labute approximate surface area is 103 Å². The topological polar surface area (TPSA) is 67.6 Å². The van der Waals surface area contributed by atoms with Crippen LogP contribution in [0.4, 0.5) is 0 Å². The molecular formula is C12H23N3O2. The highest BCUT2D eigenvalue weighted by atomic mass is 16.7.